The highest BCUT2D eigenvalue weighted by Crippen LogP contribution is 2.41. The minimum absolute atomic E-state index is 0.191. The maximum absolute atomic E-state index is 3.66. The van der Waals surface area contributed by atoms with Crippen LogP contribution in [0.5, 0.6) is 0 Å². The molecule has 2 N–H and O–H groups in total. The summed E-state index contributed by atoms with van der Waals surface area (Å²) in [4.78, 5) is 3.58. The second-order valence-corrected chi connectivity index (χ2v) is 7.48. The molecular formula is C16H22N2S. The number of thioether (sulfide) groups is 1. The third-order valence-electron chi connectivity index (χ3n) is 3.71. The highest BCUT2D eigenvalue weighted by molar-refractivity contribution is 7.99. The summed E-state index contributed by atoms with van der Waals surface area (Å²) in [7, 11) is 0. The Hall–Kier alpha value is -0.930. The fourth-order valence-corrected chi connectivity index (χ4v) is 3.96. The van der Waals surface area contributed by atoms with Gasteiger partial charge in [-0.3, -0.25) is 0 Å². The predicted molar refractivity (Wildman–Crippen MR) is 84.1 cm³/mol. The highest BCUT2D eigenvalue weighted by atomic mass is 32.2. The number of fused-ring (bicyclic) bond motifs is 3. The Labute approximate surface area is 119 Å². The molecule has 0 saturated carbocycles. The number of benzene rings is 1. The molecule has 0 fully saturated rings. The average molecular weight is 274 g/mol. The Morgan fingerprint density at radius 3 is 2.89 bits per heavy atom. The van der Waals surface area contributed by atoms with Gasteiger partial charge in [-0.2, -0.15) is 0 Å². The van der Waals surface area contributed by atoms with Gasteiger partial charge >= 0.3 is 0 Å². The lowest BCUT2D eigenvalue weighted by molar-refractivity contribution is 0.401. The van der Waals surface area contributed by atoms with Gasteiger partial charge in [0.15, 0.2) is 0 Å². The lowest BCUT2D eigenvalue weighted by Crippen LogP contribution is -2.39. The number of hydrogen-bond acceptors (Lipinski definition) is 2. The van der Waals surface area contributed by atoms with Crippen LogP contribution in [-0.2, 0) is 0 Å². The zero-order valence-electron chi connectivity index (χ0n) is 11.9. The number of H-pyrrole nitrogens is 1. The van der Waals surface area contributed by atoms with Gasteiger partial charge in [-0.05, 0) is 38.8 Å². The van der Waals surface area contributed by atoms with E-state index in [1.807, 2.05) is 11.8 Å². The fourth-order valence-electron chi connectivity index (χ4n) is 2.74. The molecule has 0 bridgehead atoms. The summed E-state index contributed by atoms with van der Waals surface area (Å²) in [6, 6.07) is 8.68. The Bertz CT molecular complexity index is 580. The molecule has 3 heteroatoms. The zero-order valence-corrected chi connectivity index (χ0v) is 12.7. The second kappa shape index (κ2) is 4.88. The summed E-state index contributed by atoms with van der Waals surface area (Å²) >= 11 is 1.97. The highest BCUT2D eigenvalue weighted by Gasteiger charge is 2.26. The van der Waals surface area contributed by atoms with E-state index in [-0.39, 0.29) is 5.54 Å². The molecule has 0 saturated heterocycles. The summed E-state index contributed by atoms with van der Waals surface area (Å²) in [6.45, 7) is 7.78. The normalized spacial score (nSPS) is 19.6. The predicted octanol–water partition coefficient (Wildman–Crippen LogP) is 4.14. The van der Waals surface area contributed by atoms with E-state index in [1.54, 1.807) is 0 Å². The lowest BCUT2D eigenvalue weighted by atomic mass is 9.94. The van der Waals surface area contributed by atoms with Crippen LogP contribution in [0.2, 0.25) is 0 Å². The minimum Gasteiger partial charge on any atom is -0.349 e. The van der Waals surface area contributed by atoms with E-state index in [1.165, 1.54) is 33.7 Å². The van der Waals surface area contributed by atoms with Crippen molar-refractivity contribution in [3.8, 4) is 0 Å². The first-order valence-corrected chi connectivity index (χ1v) is 8.01. The third kappa shape index (κ3) is 2.67. The molecule has 19 heavy (non-hydrogen) atoms. The smallest absolute Gasteiger partial charge is 0.0768 e. The van der Waals surface area contributed by atoms with Crippen LogP contribution in [0.4, 0.5) is 0 Å². The molecule has 2 aromatic rings. The van der Waals surface area contributed by atoms with Gasteiger partial charge in [0.1, 0.15) is 0 Å². The van der Waals surface area contributed by atoms with Crippen molar-refractivity contribution in [3.63, 3.8) is 0 Å². The van der Waals surface area contributed by atoms with Crippen LogP contribution in [0, 0.1) is 0 Å². The minimum atomic E-state index is 0.191. The Morgan fingerprint density at radius 2 is 2.11 bits per heavy atom. The van der Waals surface area contributed by atoms with Gasteiger partial charge in [0.25, 0.3) is 0 Å². The largest absolute Gasteiger partial charge is 0.349 e. The Kier molecular flexibility index (Phi) is 3.35. The van der Waals surface area contributed by atoms with Crippen LogP contribution in [0.3, 0.4) is 0 Å². The van der Waals surface area contributed by atoms with Crippen molar-refractivity contribution < 1.29 is 0 Å². The summed E-state index contributed by atoms with van der Waals surface area (Å²) in [5.41, 5.74) is 3.00. The molecule has 1 aliphatic heterocycles. The molecular weight excluding hydrogens is 252 g/mol. The van der Waals surface area contributed by atoms with Crippen LogP contribution < -0.4 is 5.32 Å². The monoisotopic (exact) mass is 274 g/mol. The van der Waals surface area contributed by atoms with E-state index in [0.717, 1.165) is 6.54 Å². The van der Waals surface area contributed by atoms with Crippen molar-refractivity contribution in [1.29, 1.82) is 0 Å². The van der Waals surface area contributed by atoms with E-state index >= 15 is 0 Å². The first-order chi connectivity index (χ1) is 9.04. The summed E-state index contributed by atoms with van der Waals surface area (Å²) in [5.74, 6) is 1.85. The van der Waals surface area contributed by atoms with Crippen molar-refractivity contribution in [2.75, 3.05) is 12.3 Å². The van der Waals surface area contributed by atoms with Gasteiger partial charge in [-0.1, -0.05) is 18.2 Å². The van der Waals surface area contributed by atoms with E-state index < -0.39 is 0 Å². The van der Waals surface area contributed by atoms with Crippen molar-refractivity contribution in [2.45, 2.75) is 43.7 Å². The number of rotatable bonds is 2. The quantitative estimate of drug-likeness (QED) is 0.861. The van der Waals surface area contributed by atoms with E-state index in [0.29, 0.717) is 5.92 Å². The molecule has 3 rings (SSSR count). The number of aromatic nitrogens is 1. The molecule has 1 aromatic carbocycles. The first-order valence-electron chi connectivity index (χ1n) is 7.03. The third-order valence-corrected chi connectivity index (χ3v) is 4.76. The number of para-hydroxylation sites is 1. The Balaban J connectivity index is 1.94. The van der Waals surface area contributed by atoms with Crippen LogP contribution in [0.1, 0.15) is 38.7 Å². The van der Waals surface area contributed by atoms with Gasteiger partial charge in [0.05, 0.1) is 5.03 Å². The van der Waals surface area contributed by atoms with Gasteiger partial charge < -0.3 is 10.3 Å². The molecule has 2 nitrogen and oxygen atoms in total. The standard InChI is InChI=1S/C16H22N2S/c1-16(2,3)17-10-11-8-9-19-15-14(11)12-6-4-5-7-13(12)18-15/h4-7,11,17-18H,8-10H2,1-3H3. The van der Waals surface area contributed by atoms with Crippen molar-refractivity contribution in [2.24, 2.45) is 0 Å². The van der Waals surface area contributed by atoms with Gasteiger partial charge in [-0.25, -0.2) is 0 Å². The van der Waals surface area contributed by atoms with E-state index in [2.05, 4.69) is 55.3 Å². The molecule has 1 aliphatic rings. The maximum atomic E-state index is 3.66. The molecule has 0 aliphatic carbocycles. The molecule has 0 spiro atoms. The number of aromatic amines is 1. The molecule has 0 radical (unpaired) electrons. The fraction of sp³-hybridized carbons (Fsp3) is 0.500. The molecule has 0 amide bonds. The lowest BCUT2D eigenvalue weighted by Gasteiger charge is -2.28. The molecule has 102 valence electrons. The number of hydrogen-bond donors (Lipinski definition) is 2. The van der Waals surface area contributed by atoms with Crippen LogP contribution in [0.15, 0.2) is 29.3 Å². The molecule has 2 heterocycles. The first kappa shape index (κ1) is 13.1. The summed E-state index contributed by atoms with van der Waals surface area (Å²) in [5, 5.41) is 6.45. The second-order valence-electron chi connectivity index (χ2n) is 6.38. The van der Waals surface area contributed by atoms with Gasteiger partial charge in [0.2, 0.25) is 0 Å². The molecule has 1 aromatic heterocycles. The van der Waals surface area contributed by atoms with Crippen molar-refractivity contribution >= 4 is 22.7 Å². The molecule has 1 unspecified atom stereocenters. The van der Waals surface area contributed by atoms with Crippen LogP contribution >= 0.6 is 11.8 Å². The Morgan fingerprint density at radius 1 is 1.32 bits per heavy atom. The van der Waals surface area contributed by atoms with Crippen LogP contribution in [-0.4, -0.2) is 22.8 Å². The maximum Gasteiger partial charge on any atom is 0.0768 e. The van der Waals surface area contributed by atoms with Crippen molar-refractivity contribution in [3.05, 3.63) is 29.8 Å². The molecule has 1 atom stereocenters. The van der Waals surface area contributed by atoms with Crippen molar-refractivity contribution in [1.82, 2.24) is 10.3 Å². The topological polar surface area (TPSA) is 27.8 Å². The van der Waals surface area contributed by atoms with Crippen LogP contribution in [0.25, 0.3) is 10.9 Å². The van der Waals surface area contributed by atoms with Gasteiger partial charge in [0, 0.05) is 34.7 Å². The number of nitrogens with one attached hydrogen (secondary N) is 2. The zero-order chi connectivity index (χ0) is 13.5. The van der Waals surface area contributed by atoms with E-state index in [4.69, 9.17) is 0 Å². The summed E-state index contributed by atoms with van der Waals surface area (Å²) < 4.78 is 0. The summed E-state index contributed by atoms with van der Waals surface area (Å²) in [6.07, 6.45) is 1.27. The van der Waals surface area contributed by atoms with Gasteiger partial charge in [-0.15, -0.1) is 11.8 Å². The SMILES string of the molecule is CC(C)(C)NCC1CCSc2[nH]c3ccccc3c21. The average Bonchev–Trinajstić information content (AvgIpc) is 2.74. The van der Waals surface area contributed by atoms with E-state index in [9.17, 15) is 0 Å².